The topological polar surface area (TPSA) is 41.9 Å². The van der Waals surface area contributed by atoms with Gasteiger partial charge in [0.15, 0.2) is 10.0 Å². The summed E-state index contributed by atoms with van der Waals surface area (Å²) in [6.45, 7) is 1.44. The molecule has 0 bridgehead atoms. The summed E-state index contributed by atoms with van der Waals surface area (Å²) in [6, 6.07) is 0.994. The van der Waals surface area contributed by atoms with Crippen LogP contribution in [0.5, 0.6) is 0 Å². The summed E-state index contributed by atoms with van der Waals surface area (Å²) in [6.07, 6.45) is 1.91. The van der Waals surface area contributed by atoms with Gasteiger partial charge in [0.1, 0.15) is 5.82 Å². The zero-order valence-corrected chi connectivity index (χ0v) is 17.0. The van der Waals surface area contributed by atoms with Crippen LogP contribution in [0.3, 0.4) is 0 Å². The van der Waals surface area contributed by atoms with Gasteiger partial charge in [-0.3, -0.25) is 0 Å². The van der Waals surface area contributed by atoms with E-state index < -0.39 is 11.9 Å². The van der Waals surface area contributed by atoms with Gasteiger partial charge in [0.25, 0.3) is 0 Å². The third kappa shape index (κ3) is 3.52. The number of aromatic nitrogens is 3. The zero-order valence-electron chi connectivity index (χ0n) is 14.6. The number of hydrogen-bond donors (Lipinski definition) is 0. The molecule has 2 aromatic rings. The van der Waals surface area contributed by atoms with Crippen molar-refractivity contribution >= 4 is 46.6 Å². The van der Waals surface area contributed by atoms with E-state index in [9.17, 15) is 13.2 Å². The Balaban J connectivity index is 1.19. The molecule has 3 aliphatic rings. The molecule has 2 aromatic heterocycles. The number of anilines is 1. The quantitative estimate of drug-likeness (QED) is 0.488. The summed E-state index contributed by atoms with van der Waals surface area (Å²) in [5.41, 5.74) is 0.124. The van der Waals surface area contributed by atoms with Gasteiger partial charge in [-0.1, -0.05) is 17.8 Å². The molecular weight excluding hydrogens is 429 g/mol. The van der Waals surface area contributed by atoms with Crippen molar-refractivity contribution in [3.8, 4) is 0 Å². The van der Waals surface area contributed by atoms with E-state index >= 15 is 0 Å². The lowest BCUT2D eigenvalue weighted by atomic mass is 10.1. The average Bonchev–Trinajstić information content (AvgIpc) is 3.00. The Morgan fingerprint density at radius 1 is 1.21 bits per heavy atom. The van der Waals surface area contributed by atoms with Crippen molar-refractivity contribution in [1.82, 2.24) is 15.0 Å². The van der Waals surface area contributed by atoms with E-state index in [4.69, 9.17) is 16.6 Å². The van der Waals surface area contributed by atoms with Crippen molar-refractivity contribution in [3.63, 3.8) is 0 Å². The van der Waals surface area contributed by atoms with E-state index in [1.165, 1.54) is 4.88 Å². The Labute approximate surface area is 173 Å². The molecule has 2 unspecified atom stereocenters. The second-order valence-corrected chi connectivity index (χ2v) is 10.0. The molecule has 148 valence electrons. The van der Waals surface area contributed by atoms with Crippen LogP contribution in [0.15, 0.2) is 16.5 Å². The third-order valence-corrected chi connectivity index (χ3v) is 8.18. The van der Waals surface area contributed by atoms with Crippen molar-refractivity contribution in [3.05, 3.63) is 33.7 Å². The van der Waals surface area contributed by atoms with Crippen molar-refractivity contribution in [2.75, 3.05) is 23.7 Å². The molecule has 2 fully saturated rings. The molecule has 0 radical (unpaired) electrons. The molecule has 1 saturated heterocycles. The molecule has 0 N–H and O–H groups in total. The van der Waals surface area contributed by atoms with E-state index in [2.05, 4.69) is 22.1 Å². The summed E-state index contributed by atoms with van der Waals surface area (Å²) in [5, 5.41) is -0.362. The second kappa shape index (κ2) is 6.88. The van der Waals surface area contributed by atoms with Crippen molar-refractivity contribution in [2.45, 2.75) is 23.4 Å². The molecule has 2 aliphatic carbocycles. The van der Waals surface area contributed by atoms with Gasteiger partial charge in [-0.15, -0.1) is 11.3 Å². The van der Waals surface area contributed by atoms with Crippen molar-refractivity contribution in [1.29, 1.82) is 0 Å². The lowest BCUT2D eigenvalue weighted by Crippen LogP contribution is -2.26. The number of rotatable bonds is 4. The van der Waals surface area contributed by atoms with E-state index in [1.54, 1.807) is 23.1 Å². The number of allylic oxidation sites excluding steroid dienone is 1. The Morgan fingerprint density at radius 2 is 2.00 bits per heavy atom. The first-order valence-electron chi connectivity index (χ1n) is 9.04. The van der Waals surface area contributed by atoms with Gasteiger partial charge in [-0.25, -0.2) is 15.0 Å². The zero-order chi connectivity index (χ0) is 19.5. The smallest absolute Gasteiger partial charge is 0.356 e. The largest absolute Gasteiger partial charge is 0.433 e. The number of alkyl halides is 3. The van der Waals surface area contributed by atoms with Gasteiger partial charge in [0.05, 0.1) is 5.69 Å². The number of fused-ring (bicyclic) bond motifs is 2. The van der Waals surface area contributed by atoms with Crippen LogP contribution in [-0.2, 0) is 12.6 Å². The highest BCUT2D eigenvalue weighted by Crippen LogP contribution is 2.54. The highest BCUT2D eigenvalue weighted by atomic mass is 35.5. The maximum atomic E-state index is 12.9. The summed E-state index contributed by atoms with van der Waals surface area (Å²) in [4.78, 5) is 15.3. The highest BCUT2D eigenvalue weighted by Gasteiger charge is 2.55. The summed E-state index contributed by atoms with van der Waals surface area (Å²) >= 11 is 9.30. The van der Waals surface area contributed by atoms with Crippen molar-refractivity contribution < 1.29 is 13.2 Å². The monoisotopic (exact) mass is 444 g/mol. The van der Waals surface area contributed by atoms with Crippen LogP contribution < -0.4 is 4.90 Å². The molecule has 4 nitrogen and oxygen atoms in total. The van der Waals surface area contributed by atoms with Crippen LogP contribution in [-0.4, -0.2) is 33.8 Å². The van der Waals surface area contributed by atoms with Crippen molar-refractivity contribution in [2.24, 2.45) is 17.8 Å². The van der Waals surface area contributed by atoms with Crippen LogP contribution in [0.2, 0.25) is 5.28 Å². The minimum Gasteiger partial charge on any atom is -0.356 e. The van der Waals surface area contributed by atoms with Gasteiger partial charge >= 0.3 is 6.18 Å². The minimum atomic E-state index is -4.52. The molecule has 1 aliphatic heterocycles. The number of aryl methyl sites for hydroxylation is 1. The number of thioether (sulfide) groups is 1. The molecule has 1 saturated carbocycles. The first-order chi connectivity index (χ1) is 13.4. The normalized spacial score (nSPS) is 25.7. The van der Waals surface area contributed by atoms with Gasteiger partial charge in [0, 0.05) is 29.8 Å². The van der Waals surface area contributed by atoms with Gasteiger partial charge in [-0.2, -0.15) is 13.2 Å². The first-order valence-corrected chi connectivity index (χ1v) is 11.2. The van der Waals surface area contributed by atoms with Gasteiger partial charge in [-0.05, 0) is 48.3 Å². The summed E-state index contributed by atoms with van der Waals surface area (Å²) in [5.74, 6) is 2.88. The molecule has 10 heteroatoms. The molecule has 3 heterocycles. The van der Waals surface area contributed by atoms with Crippen LogP contribution in [0, 0.1) is 17.8 Å². The number of piperidine rings is 1. The fraction of sp³-hybridized carbons (Fsp3) is 0.500. The SMILES string of the molecule is FC(F)(F)c1cc(N2CC3C(CSc4nc5c(s4)CCC=C5)C3C2)nc(Cl)n1. The third-order valence-electron chi connectivity index (χ3n) is 5.59. The summed E-state index contributed by atoms with van der Waals surface area (Å²) in [7, 11) is 0. The number of hydrogen-bond acceptors (Lipinski definition) is 6. The lowest BCUT2D eigenvalue weighted by Gasteiger charge is -2.21. The minimum absolute atomic E-state index is 0.269. The lowest BCUT2D eigenvalue weighted by molar-refractivity contribution is -0.141. The predicted molar refractivity (Wildman–Crippen MR) is 105 cm³/mol. The maximum Gasteiger partial charge on any atom is 0.433 e. The van der Waals surface area contributed by atoms with E-state index in [0.29, 0.717) is 17.8 Å². The van der Waals surface area contributed by atoms with Crippen LogP contribution >= 0.6 is 34.7 Å². The Morgan fingerprint density at radius 3 is 2.71 bits per heavy atom. The maximum absolute atomic E-state index is 12.9. The van der Waals surface area contributed by atoms with E-state index in [-0.39, 0.29) is 11.1 Å². The van der Waals surface area contributed by atoms with E-state index in [0.717, 1.165) is 47.8 Å². The summed E-state index contributed by atoms with van der Waals surface area (Å²) < 4.78 is 40.0. The fourth-order valence-electron chi connectivity index (χ4n) is 4.09. The van der Waals surface area contributed by atoms with Gasteiger partial charge < -0.3 is 4.90 Å². The molecule has 2 atom stereocenters. The fourth-order valence-corrected chi connectivity index (χ4v) is 6.79. The standard InChI is InChI=1S/C18H16ClF3N4S2/c19-16-24-14(18(20,21)22)5-15(25-16)26-6-9-10(7-26)11(9)8-27-17-23-12-3-1-2-4-13(12)28-17/h1,3,5,9-11H,2,4,6-8H2. The Hall–Kier alpha value is -1.32. The van der Waals surface area contributed by atoms with Crippen LogP contribution in [0.1, 0.15) is 22.7 Å². The second-order valence-electron chi connectivity index (χ2n) is 7.31. The number of halogens is 4. The molecule has 28 heavy (non-hydrogen) atoms. The Kier molecular flexibility index (Phi) is 4.59. The molecule has 5 rings (SSSR count). The molecule has 0 aromatic carbocycles. The van der Waals surface area contributed by atoms with Crippen LogP contribution in [0.4, 0.5) is 19.0 Å². The Bertz CT molecular complexity index is 933. The highest BCUT2D eigenvalue weighted by molar-refractivity contribution is 8.01. The molecule has 0 amide bonds. The number of thiazole rings is 1. The number of nitrogens with zero attached hydrogens (tertiary/aromatic N) is 4. The molecular formula is C18H16ClF3N4S2. The molecule has 0 spiro atoms. The predicted octanol–water partition coefficient (Wildman–Crippen LogP) is 5.04. The van der Waals surface area contributed by atoms with E-state index in [1.807, 2.05) is 4.90 Å². The van der Waals surface area contributed by atoms with Gasteiger partial charge in [0.2, 0.25) is 5.28 Å². The van der Waals surface area contributed by atoms with Crippen LogP contribution in [0.25, 0.3) is 6.08 Å². The average molecular weight is 445 g/mol. The first kappa shape index (κ1) is 18.7.